The molecule has 0 heterocycles. The Balaban J connectivity index is 3.54. The lowest BCUT2D eigenvalue weighted by atomic mass is 10.0. The minimum Gasteiger partial charge on any atom is -0.462 e. The molecular weight excluding hydrogens is 981 g/mol. The Bertz CT molecular complexity index is 1680. The van der Waals surface area contributed by atoms with Gasteiger partial charge in [0.25, 0.3) is 0 Å². The van der Waals surface area contributed by atoms with Crippen molar-refractivity contribution in [3.05, 3.63) is 146 Å². The molecule has 1 unspecified atom stereocenters. The molecule has 5 heteroatoms. The maximum atomic E-state index is 12.4. The summed E-state index contributed by atoms with van der Waals surface area (Å²) in [4.78, 5) is 24.6. The van der Waals surface area contributed by atoms with Gasteiger partial charge in [0.2, 0.25) is 0 Å². The minimum atomic E-state index is -0.784. The number of aliphatic hydroxyl groups is 1. The first-order chi connectivity index (χ1) is 39.6. The van der Waals surface area contributed by atoms with Gasteiger partial charge in [-0.1, -0.05) is 307 Å². The smallest absolute Gasteiger partial charge is 0.306 e. The Morgan fingerprint density at radius 3 is 0.812 bits per heavy atom. The molecule has 0 spiro atoms. The van der Waals surface area contributed by atoms with Crippen LogP contribution in [0.4, 0.5) is 0 Å². The largest absolute Gasteiger partial charge is 0.462 e. The number of hydrogen-bond acceptors (Lipinski definition) is 5. The molecule has 80 heavy (non-hydrogen) atoms. The highest BCUT2D eigenvalue weighted by Gasteiger charge is 2.16. The lowest BCUT2D eigenvalue weighted by Crippen LogP contribution is -2.28. The molecule has 1 atom stereocenters. The molecule has 5 nitrogen and oxygen atoms in total. The molecule has 0 aromatic rings. The predicted molar refractivity (Wildman–Crippen MR) is 352 cm³/mol. The van der Waals surface area contributed by atoms with Crippen molar-refractivity contribution in [2.24, 2.45) is 0 Å². The summed E-state index contributed by atoms with van der Waals surface area (Å²) in [6.45, 7) is 4.02. The second-order valence-corrected chi connectivity index (χ2v) is 21.8. The molecule has 0 aliphatic carbocycles. The normalized spacial score (nSPS) is 13.2. The number of esters is 2. The maximum absolute atomic E-state index is 12.4. The van der Waals surface area contributed by atoms with Crippen molar-refractivity contribution in [1.29, 1.82) is 0 Å². The summed E-state index contributed by atoms with van der Waals surface area (Å²) in [6.07, 6.45) is 104. The number of rotatable bonds is 60. The summed E-state index contributed by atoms with van der Waals surface area (Å²) in [7, 11) is 0. The van der Waals surface area contributed by atoms with Crippen molar-refractivity contribution in [2.75, 3.05) is 13.2 Å². The van der Waals surface area contributed by atoms with Crippen LogP contribution in [0, 0.1) is 0 Å². The van der Waals surface area contributed by atoms with Crippen molar-refractivity contribution in [2.45, 2.75) is 302 Å². The van der Waals surface area contributed by atoms with Gasteiger partial charge in [0.15, 0.2) is 6.10 Å². The van der Waals surface area contributed by atoms with Gasteiger partial charge >= 0.3 is 11.9 Å². The Labute approximate surface area is 495 Å². The van der Waals surface area contributed by atoms with E-state index in [9.17, 15) is 14.7 Å². The monoisotopic (exact) mass is 1100 g/mol. The summed E-state index contributed by atoms with van der Waals surface area (Å²) < 4.78 is 10.7. The van der Waals surface area contributed by atoms with Crippen molar-refractivity contribution < 1.29 is 24.2 Å². The first-order valence-electron chi connectivity index (χ1n) is 33.4. The molecule has 0 aromatic heterocycles. The number of carbonyl (C=O) groups is 2. The molecule has 454 valence electrons. The SMILES string of the molecule is CC/C=C\C/C=C\C/C=C\C/C=C\C/C=C\C/C=C\C/C=C\C/C=C\C/C=C\CCCCCCCCCCCCCCCC(=O)OC(CO)COC(=O)CCCCCCCCCCCC/C=C\C/C=C\C/C=C\CCCCCCC. The third kappa shape index (κ3) is 66.3. The van der Waals surface area contributed by atoms with Gasteiger partial charge in [-0.3, -0.25) is 9.59 Å². The van der Waals surface area contributed by atoms with E-state index in [0.717, 1.165) is 109 Å². The minimum absolute atomic E-state index is 0.0738. The van der Waals surface area contributed by atoms with Crippen LogP contribution in [0.5, 0.6) is 0 Å². The number of ether oxygens (including phenoxy) is 2. The second-order valence-electron chi connectivity index (χ2n) is 21.8. The molecule has 0 aromatic carbocycles. The van der Waals surface area contributed by atoms with E-state index in [1.165, 1.54) is 161 Å². The van der Waals surface area contributed by atoms with Crippen molar-refractivity contribution in [3.63, 3.8) is 0 Å². The van der Waals surface area contributed by atoms with Gasteiger partial charge in [-0.25, -0.2) is 0 Å². The average molecular weight is 1110 g/mol. The first-order valence-corrected chi connectivity index (χ1v) is 33.4. The van der Waals surface area contributed by atoms with Gasteiger partial charge < -0.3 is 14.6 Å². The molecular formula is C75H124O5. The van der Waals surface area contributed by atoms with Gasteiger partial charge in [0.05, 0.1) is 6.61 Å². The molecule has 0 saturated heterocycles. The number of hydrogen-bond donors (Lipinski definition) is 1. The van der Waals surface area contributed by atoms with E-state index in [1.54, 1.807) is 0 Å². The van der Waals surface area contributed by atoms with Crippen LogP contribution >= 0.6 is 0 Å². The third-order valence-electron chi connectivity index (χ3n) is 14.1. The molecule has 0 aliphatic rings. The summed E-state index contributed by atoms with van der Waals surface area (Å²) in [5, 5.41) is 9.69. The first kappa shape index (κ1) is 75.8. The van der Waals surface area contributed by atoms with Crippen LogP contribution in [0.1, 0.15) is 296 Å². The predicted octanol–water partition coefficient (Wildman–Crippen LogP) is 23.3. The average Bonchev–Trinajstić information content (AvgIpc) is 3.46. The Hall–Kier alpha value is -4.22. The van der Waals surface area contributed by atoms with E-state index < -0.39 is 6.10 Å². The van der Waals surface area contributed by atoms with E-state index in [2.05, 4.69) is 160 Å². The van der Waals surface area contributed by atoms with E-state index in [-0.39, 0.29) is 25.2 Å². The van der Waals surface area contributed by atoms with E-state index in [0.29, 0.717) is 12.8 Å². The van der Waals surface area contributed by atoms with Crippen LogP contribution in [-0.4, -0.2) is 36.4 Å². The molecule has 0 aliphatic heterocycles. The molecule has 1 N–H and O–H groups in total. The zero-order valence-corrected chi connectivity index (χ0v) is 52.0. The van der Waals surface area contributed by atoms with Crippen LogP contribution < -0.4 is 0 Å². The maximum Gasteiger partial charge on any atom is 0.306 e. The fourth-order valence-corrected chi connectivity index (χ4v) is 9.14. The zero-order valence-electron chi connectivity index (χ0n) is 52.0. The third-order valence-corrected chi connectivity index (χ3v) is 14.1. The van der Waals surface area contributed by atoms with Crippen LogP contribution in [-0.2, 0) is 19.1 Å². The van der Waals surface area contributed by atoms with Crippen molar-refractivity contribution >= 4 is 11.9 Å². The lowest BCUT2D eigenvalue weighted by molar-refractivity contribution is -0.161. The summed E-state index contributed by atoms with van der Waals surface area (Å²) in [5.74, 6) is -0.596. The standard InChI is InChI=1S/C75H124O5/c1-3-5-7-9-11-13-15-17-19-21-23-25-27-29-30-31-32-33-34-35-36-37-38-39-40-41-42-43-44-46-48-50-52-54-56-58-60-62-64-66-68-70-75(78)80-73(71-76)72-79-74(77)69-67-65-63-61-59-57-55-53-51-49-47-45-28-26-24-22-20-18-16-14-12-10-8-6-4-2/h5,7,11,13,16-19,22-25,28-30,32-33,35-36,38-39,41-42,45,73,76H,3-4,6,8-10,12,14-15,20-21,26-27,31,34,37,40,43-44,46-72H2,1-2H3/b7-5-,13-11-,18-16-,19-17-,24-22-,25-23-,30-29-,33-32-,36-35-,39-38-,42-41-,45-28-. The van der Waals surface area contributed by atoms with Gasteiger partial charge in [-0.15, -0.1) is 0 Å². The summed E-state index contributed by atoms with van der Waals surface area (Å²) in [5.41, 5.74) is 0. The number of unbranched alkanes of at least 4 members (excludes halogenated alkanes) is 28. The molecule has 0 radical (unpaired) electrons. The lowest BCUT2D eigenvalue weighted by Gasteiger charge is -2.15. The van der Waals surface area contributed by atoms with Gasteiger partial charge in [0, 0.05) is 12.8 Å². The molecule has 0 fully saturated rings. The van der Waals surface area contributed by atoms with E-state index in [1.807, 2.05) is 0 Å². The second kappa shape index (κ2) is 69.1. The highest BCUT2D eigenvalue weighted by molar-refractivity contribution is 5.70. The number of allylic oxidation sites excluding steroid dienone is 24. The van der Waals surface area contributed by atoms with Gasteiger partial charge in [-0.2, -0.15) is 0 Å². The number of carbonyl (C=O) groups excluding carboxylic acids is 2. The Morgan fingerprint density at radius 1 is 0.300 bits per heavy atom. The highest BCUT2D eigenvalue weighted by atomic mass is 16.6. The summed E-state index contributed by atoms with van der Waals surface area (Å²) in [6, 6.07) is 0. The van der Waals surface area contributed by atoms with Gasteiger partial charge in [0.1, 0.15) is 6.61 Å². The zero-order chi connectivity index (χ0) is 57.6. The van der Waals surface area contributed by atoms with Crippen LogP contribution in [0.15, 0.2) is 146 Å². The topological polar surface area (TPSA) is 72.8 Å². The number of aliphatic hydroxyl groups excluding tert-OH is 1. The summed E-state index contributed by atoms with van der Waals surface area (Å²) >= 11 is 0. The fourth-order valence-electron chi connectivity index (χ4n) is 9.14. The molecule has 0 saturated carbocycles. The molecule has 0 bridgehead atoms. The molecule has 0 amide bonds. The van der Waals surface area contributed by atoms with E-state index >= 15 is 0 Å². The van der Waals surface area contributed by atoms with Crippen molar-refractivity contribution in [3.8, 4) is 0 Å². The fraction of sp³-hybridized carbons (Fsp3) is 0.653. The van der Waals surface area contributed by atoms with Crippen molar-refractivity contribution in [1.82, 2.24) is 0 Å². The Kier molecular flexibility index (Phi) is 65.4. The van der Waals surface area contributed by atoms with E-state index in [4.69, 9.17) is 9.47 Å². The van der Waals surface area contributed by atoms with Crippen LogP contribution in [0.3, 0.4) is 0 Å². The van der Waals surface area contributed by atoms with Crippen LogP contribution in [0.25, 0.3) is 0 Å². The van der Waals surface area contributed by atoms with Crippen LogP contribution in [0.2, 0.25) is 0 Å². The van der Waals surface area contributed by atoms with Gasteiger partial charge in [-0.05, 0) is 122 Å². The quantitative estimate of drug-likeness (QED) is 0.0373. The highest BCUT2D eigenvalue weighted by Crippen LogP contribution is 2.16. The molecule has 0 rings (SSSR count). The Morgan fingerprint density at radius 2 is 0.537 bits per heavy atom.